The Labute approximate surface area is 125 Å². The van der Waals surface area contributed by atoms with Crippen molar-refractivity contribution < 1.29 is 0 Å². The Balaban J connectivity index is 2.10. The molecule has 0 spiro atoms. The number of para-hydroxylation sites is 1. The lowest BCUT2D eigenvalue weighted by Crippen LogP contribution is -2.22. The van der Waals surface area contributed by atoms with Crippen molar-refractivity contribution in [3.05, 3.63) is 66.4 Å². The van der Waals surface area contributed by atoms with Crippen LogP contribution in [0.5, 0.6) is 0 Å². The van der Waals surface area contributed by atoms with Crippen LogP contribution in [-0.2, 0) is 6.54 Å². The van der Waals surface area contributed by atoms with Gasteiger partial charge in [-0.15, -0.1) is 0 Å². The Bertz CT molecular complexity index is 742. The highest BCUT2D eigenvalue weighted by atomic mass is 14.9. The lowest BCUT2D eigenvalue weighted by molar-refractivity contribution is 0.589. The molecule has 0 atom stereocenters. The molecule has 2 nitrogen and oxygen atoms in total. The molecule has 0 amide bonds. The lowest BCUT2D eigenvalue weighted by atomic mass is 9.97. The van der Waals surface area contributed by atoms with E-state index in [1.54, 1.807) is 0 Å². The van der Waals surface area contributed by atoms with E-state index in [0.717, 1.165) is 12.1 Å². The third-order valence-corrected chi connectivity index (χ3v) is 3.64. The fourth-order valence-corrected chi connectivity index (χ4v) is 2.57. The zero-order valence-electron chi connectivity index (χ0n) is 12.5. The normalized spacial score (nSPS) is 11.2. The van der Waals surface area contributed by atoms with Crippen molar-refractivity contribution in [2.45, 2.75) is 26.4 Å². The van der Waals surface area contributed by atoms with E-state index in [-0.39, 0.29) is 0 Å². The minimum Gasteiger partial charge on any atom is -0.310 e. The van der Waals surface area contributed by atoms with E-state index >= 15 is 0 Å². The Morgan fingerprint density at radius 1 is 0.905 bits per heavy atom. The molecule has 1 aromatic heterocycles. The first-order valence-corrected chi connectivity index (χ1v) is 7.41. The van der Waals surface area contributed by atoms with Gasteiger partial charge in [0.25, 0.3) is 0 Å². The molecule has 1 heterocycles. The van der Waals surface area contributed by atoms with Crippen molar-refractivity contribution in [1.82, 2.24) is 10.3 Å². The molecule has 0 aliphatic rings. The summed E-state index contributed by atoms with van der Waals surface area (Å²) in [5.41, 5.74) is 4.84. The number of aromatic nitrogens is 1. The Morgan fingerprint density at radius 3 is 2.52 bits per heavy atom. The van der Waals surface area contributed by atoms with Crippen LogP contribution in [0.2, 0.25) is 0 Å². The standard InChI is InChI=1S/C19H20N2/c1-14(2)21-13-16-7-3-4-10-17(16)18-11-5-8-15-9-6-12-20-19(15)18/h3-12,14,21H,13H2,1-2H3. The van der Waals surface area contributed by atoms with Gasteiger partial charge in [-0.1, -0.05) is 62.4 Å². The van der Waals surface area contributed by atoms with Gasteiger partial charge in [0.2, 0.25) is 0 Å². The van der Waals surface area contributed by atoms with Gasteiger partial charge in [-0.3, -0.25) is 4.98 Å². The molecule has 3 aromatic rings. The van der Waals surface area contributed by atoms with Crippen LogP contribution >= 0.6 is 0 Å². The van der Waals surface area contributed by atoms with Crippen molar-refractivity contribution in [2.75, 3.05) is 0 Å². The Morgan fingerprint density at radius 2 is 1.67 bits per heavy atom. The van der Waals surface area contributed by atoms with Crippen LogP contribution in [0, 0.1) is 0 Å². The summed E-state index contributed by atoms with van der Waals surface area (Å²) in [6.07, 6.45) is 1.86. The van der Waals surface area contributed by atoms with Gasteiger partial charge in [-0.25, -0.2) is 0 Å². The van der Waals surface area contributed by atoms with Gasteiger partial charge in [0.05, 0.1) is 5.52 Å². The van der Waals surface area contributed by atoms with E-state index in [1.807, 2.05) is 12.3 Å². The number of pyridine rings is 1. The van der Waals surface area contributed by atoms with Crippen molar-refractivity contribution >= 4 is 10.9 Å². The molecule has 0 saturated heterocycles. The second-order valence-corrected chi connectivity index (χ2v) is 5.57. The van der Waals surface area contributed by atoms with Gasteiger partial charge in [-0.2, -0.15) is 0 Å². The first kappa shape index (κ1) is 13.8. The van der Waals surface area contributed by atoms with Gasteiger partial charge in [0, 0.05) is 29.7 Å². The van der Waals surface area contributed by atoms with Gasteiger partial charge < -0.3 is 5.32 Å². The quantitative estimate of drug-likeness (QED) is 0.764. The maximum atomic E-state index is 4.57. The molecule has 0 aliphatic heterocycles. The van der Waals surface area contributed by atoms with Crippen LogP contribution in [0.15, 0.2) is 60.8 Å². The molecule has 106 valence electrons. The number of rotatable bonds is 4. The van der Waals surface area contributed by atoms with Crippen LogP contribution < -0.4 is 5.32 Å². The van der Waals surface area contributed by atoms with Crippen molar-refractivity contribution in [3.63, 3.8) is 0 Å². The average Bonchev–Trinajstić information content (AvgIpc) is 2.53. The maximum absolute atomic E-state index is 4.57. The number of benzene rings is 2. The average molecular weight is 276 g/mol. The van der Waals surface area contributed by atoms with Crippen LogP contribution in [0.25, 0.3) is 22.0 Å². The summed E-state index contributed by atoms with van der Waals surface area (Å²) >= 11 is 0. The van der Waals surface area contributed by atoms with Crippen LogP contribution in [0.1, 0.15) is 19.4 Å². The van der Waals surface area contributed by atoms with E-state index in [9.17, 15) is 0 Å². The summed E-state index contributed by atoms with van der Waals surface area (Å²) in [6.45, 7) is 5.21. The van der Waals surface area contributed by atoms with E-state index in [0.29, 0.717) is 6.04 Å². The second kappa shape index (κ2) is 6.06. The highest BCUT2D eigenvalue weighted by Gasteiger charge is 2.09. The third-order valence-electron chi connectivity index (χ3n) is 3.64. The zero-order valence-corrected chi connectivity index (χ0v) is 12.5. The van der Waals surface area contributed by atoms with E-state index in [2.05, 4.69) is 72.7 Å². The largest absolute Gasteiger partial charge is 0.310 e. The van der Waals surface area contributed by atoms with Crippen molar-refractivity contribution in [2.24, 2.45) is 0 Å². The minimum atomic E-state index is 0.476. The summed E-state index contributed by atoms with van der Waals surface area (Å²) in [7, 11) is 0. The number of hydrogen-bond donors (Lipinski definition) is 1. The van der Waals surface area contributed by atoms with Crippen molar-refractivity contribution in [3.8, 4) is 11.1 Å². The number of fused-ring (bicyclic) bond motifs is 1. The molecule has 1 N–H and O–H groups in total. The molecule has 21 heavy (non-hydrogen) atoms. The smallest absolute Gasteiger partial charge is 0.0780 e. The monoisotopic (exact) mass is 276 g/mol. The van der Waals surface area contributed by atoms with Crippen LogP contribution in [0.3, 0.4) is 0 Å². The molecule has 0 bridgehead atoms. The van der Waals surface area contributed by atoms with Gasteiger partial charge >= 0.3 is 0 Å². The first-order chi connectivity index (χ1) is 10.3. The van der Waals surface area contributed by atoms with Crippen LogP contribution in [0.4, 0.5) is 0 Å². The minimum absolute atomic E-state index is 0.476. The molecule has 0 fully saturated rings. The van der Waals surface area contributed by atoms with Gasteiger partial charge in [-0.05, 0) is 17.2 Å². The molecule has 2 heteroatoms. The predicted octanol–water partition coefficient (Wildman–Crippen LogP) is 4.40. The molecule has 0 unspecified atom stereocenters. The number of nitrogens with zero attached hydrogens (tertiary/aromatic N) is 1. The van der Waals surface area contributed by atoms with E-state index in [4.69, 9.17) is 0 Å². The summed E-state index contributed by atoms with van der Waals surface area (Å²) in [5, 5.41) is 4.68. The van der Waals surface area contributed by atoms with E-state index < -0.39 is 0 Å². The van der Waals surface area contributed by atoms with Gasteiger partial charge in [0.1, 0.15) is 0 Å². The summed E-state index contributed by atoms with van der Waals surface area (Å²) in [6, 6.07) is 19.5. The predicted molar refractivity (Wildman–Crippen MR) is 89.2 cm³/mol. The number of nitrogens with one attached hydrogen (secondary N) is 1. The molecule has 2 aromatic carbocycles. The fraction of sp³-hybridized carbons (Fsp3) is 0.211. The van der Waals surface area contributed by atoms with E-state index in [1.165, 1.54) is 22.1 Å². The molecule has 0 aliphatic carbocycles. The summed E-state index contributed by atoms with van der Waals surface area (Å²) < 4.78 is 0. The second-order valence-electron chi connectivity index (χ2n) is 5.57. The molecule has 0 radical (unpaired) electrons. The zero-order chi connectivity index (χ0) is 14.7. The van der Waals surface area contributed by atoms with Gasteiger partial charge in [0.15, 0.2) is 0 Å². The third kappa shape index (κ3) is 2.96. The van der Waals surface area contributed by atoms with Crippen LogP contribution in [-0.4, -0.2) is 11.0 Å². The Kier molecular flexibility index (Phi) is 3.98. The maximum Gasteiger partial charge on any atom is 0.0780 e. The lowest BCUT2D eigenvalue weighted by Gasteiger charge is -2.14. The fourth-order valence-electron chi connectivity index (χ4n) is 2.57. The molecular formula is C19H20N2. The highest BCUT2D eigenvalue weighted by Crippen LogP contribution is 2.29. The number of hydrogen-bond acceptors (Lipinski definition) is 2. The molecule has 3 rings (SSSR count). The Hall–Kier alpha value is -2.19. The highest BCUT2D eigenvalue weighted by molar-refractivity contribution is 5.94. The van der Waals surface area contributed by atoms with Crippen molar-refractivity contribution in [1.29, 1.82) is 0 Å². The molecular weight excluding hydrogens is 256 g/mol. The SMILES string of the molecule is CC(C)NCc1ccccc1-c1cccc2cccnc12. The molecule has 0 saturated carbocycles. The summed E-state index contributed by atoms with van der Waals surface area (Å²) in [4.78, 5) is 4.57. The summed E-state index contributed by atoms with van der Waals surface area (Å²) in [5.74, 6) is 0. The first-order valence-electron chi connectivity index (χ1n) is 7.41. The topological polar surface area (TPSA) is 24.9 Å².